The summed E-state index contributed by atoms with van der Waals surface area (Å²) in [5.41, 5.74) is 0.679. The molecule has 0 saturated carbocycles. The van der Waals surface area contributed by atoms with E-state index in [0.717, 1.165) is 0 Å². The largest absolute Gasteiger partial charge is 0.299 e. The lowest BCUT2D eigenvalue weighted by atomic mass is 10.1. The van der Waals surface area contributed by atoms with E-state index in [-0.39, 0.29) is 11.9 Å². The van der Waals surface area contributed by atoms with Crippen molar-refractivity contribution >= 4 is 0 Å². The molecule has 0 aliphatic heterocycles. The topological polar surface area (TPSA) is 27.0 Å². The normalized spacial score (nSPS) is 12.5. The van der Waals surface area contributed by atoms with Gasteiger partial charge < -0.3 is 0 Å². The molecule has 3 heteroatoms. The van der Waals surface area contributed by atoms with Crippen molar-refractivity contribution in [3.05, 3.63) is 35.6 Å². The van der Waals surface area contributed by atoms with Gasteiger partial charge in [0.2, 0.25) is 0 Å². The highest BCUT2D eigenvalue weighted by atomic mass is 19.1. The van der Waals surface area contributed by atoms with Gasteiger partial charge in [0.15, 0.2) is 0 Å². The number of hydrogen-bond donors (Lipinski definition) is 0. The molecule has 1 atom stereocenters. The van der Waals surface area contributed by atoms with Gasteiger partial charge in [-0.1, -0.05) is 18.2 Å². The van der Waals surface area contributed by atoms with Crippen LogP contribution in [0.2, 0.25) is 0 Å². The quantitative estimate of drug-likeness (QED) is 0.757. The van der Waals surface area contributed by atoms with E-state index in [1.54, 1.807) is 12.1 Å². The maximum absolute atomic E-state index is 13.4. The standard InChI is InChI=1S/C12H15FN2/c1-10(15(2)9-5-8-14)11-6-3-4-7-12(11)13/h3-4,6-7,10H,5,9H2,1-2H3. The Morgan fingerprint density at radius 2 is 2.13 bits per heavy atom. The van der Waals surface area contributed by atoms with Crippen molar-refractivity contribution < 1.29 is 4.39 Å². The zero-order valence-electron chi connectivity index (χ0n) is 9.07. The van der Waals surface area contributed by atoms with Crippen LogP contribution in [-0.2, 0) is 0 Å². The molecule has 1 aromatic rings. The number of benzene rings is 1. The van der Waals surface area contributed by atoms with Gasteiger partial charge in [-0.25, -0.2) is 4.39 Å². The van der Waals surface area contributed by atoms with Gasteiger partial charge in [0.1, 0.15) is 5.82 Å². The van der Waals surface area contributed by atoms with E-state index in [1.165, 1.54) is 6.07 Å². The van der Waals surface area contributed by atoms with Crippen LogP contribution < -0.4 is 0 Å². The summed E-state index contributed by atoms with van der Waals surface area (Å²) in [6.45, 7) is 2.60. The van der Waals surface area contributed by atoms with E-state index in [9.17, 15) is 4.39 Å². The van der Waals surface area contributed by atoms with Crippen LogP contribution in [0.3, 0.4) is 0 Å². The Morgan fingerprint density at radius 1 is 1.47 bits per heavy atom. The summed E-state index contributed by atoms with van der Waals surface area (Å²) < 4.78 is 13.4. The highest BCUT2D eigenvalue weighted by Gasteiger charge is 2.14. The molecule has 0 heterocycles. The fourth-order valence-corrected chi connectivity index (χ4v) is 1.47. The van der Waals surface area contributed by atoms with Gasteiger partial charge in [-0.05, 0) is 20.0 Å². The van der Waals surface area contributed by atoms with Crippen LogP contribution in [0.5, 0.6) is 0 Å². The molecule has 1 unspecified atom stereocenters. The van der Waals surface area contributed by atoms with Crippen LogP contribution in [0, 0.1) is 17.1 Å². The lowest BCUT2D eigenvalue weighted by molar-refractivity contribution is 0.262. The van der Waals surface area contributed by atoms with Gasteiger partial charge in [0.25, 0.3) is 0 Å². The molecule has 0 aliphatic rings. The fraction of sp³-hybridized carbons (Fsp3) is 0.417. The first-order valence-electron chi connectivity index (χ1n) is 4.98. The summed E-state index contributed by atoms with van der Waals surface area (Å²) in [4.78, 5) is 1.97. The third-order valence-electron chi connectivity index (χ3n) is 2.59. The maximum Gasteiger partial charge on any atom is 0.127 e. The minimum absolute atomic E-state index is 0.000417. The van der Waals surface area contributed by atoms with Crippen LogP contribution in [-0.4, -0.2) is 18.5 Å². The molecule has 0 saturated heterocycles. The van der Waals surface area contributed by atoms with E-state index < -0.39 is 0 Å². The van der Waals surface area contributed by atoms with Crippen LogP contribution in [0.1, 0.15) is 24.9 Å². The zero-order chi connectivity index (χ0) is 11.3. The minimum atomic E-state index is -0.186. The second-order valence-corrected chi connectivity index (χ2v) is 3.59. The smallest absolute Gasteiger partial charge is 0.127 e. The van der Waals surface area contributed by atoms with Crippen LogP contribution in [0.25, 0.3) is 0 Å². The van der Waals surface area contributed by atoms with E-state index in [2.05, 4.69) is 6.07 Å². The Hall–Kier alpha value is -1.40. The van der Waals surface area contributed by atoms with Gasteiger partial charge in [0, 0.05) is 24.6 Å². The van der Waals surface area contributed by atoms with Crippen molar-refractivity contribution in [1.82, 2.24) is 4.90 Å². The van der Waals surface area contributed by atoms with Gasteiger partial charge in [0.05, 0.1) is 6.07 Å². The number of halogens is 1. The second-order valence-electron chi connectivity index (χ2n) is 3.59. The molecule has 0 fully saturated rings. The van der Waals surface area contributed by atoms with Crippen molar-refractivity contribution in [2.75, 3.05) is 13.6 Å². The van der Waals surface area contributed by atoms with E-state index in [0.29, 0.717) is 18.5 Å². The van der Waals surface area contributed by atoms with Crippen LogP contribution in [0.15, 0.2) is 24.3 Å². The molecule has 0 bridgehead atoms. The predicted molar refractivity (Wildman–Crippen MR) is 57.7 cm³/mol. The molecule has 0 radical (unpaired) electrons. The fourth-order valence-electron chi connectivity index (χ4n) is 1.47. The summed E-state index contributed by atoms with van der Waals surface area (Å²) in [5.74, 6) is -0.186. The Balaban J connectivity index is 2.72. The molecule has 15 heavy (non-hydrogen) atoms. The Morgan fingerprint density at radius 3 is 2.73 bits per heavy atom. The molecule has 1 aromatic carbocycles. The van der Waals surface area contributed by atoms with Crippen molar-refractivity contribution in [2.24, 2.45) is 0 Å². The third-order valence-corrected chi connectivity index (χ3v) is 2.59. The number of rotatable bonds is 4. The molecule has 1 rings (SSSR count). The second kappa shape index (κ2) is 5.47. The van der Waals surface area contributed by atoms with Crippen LogP contribution >= 0.6 is 0 Å². The minimum Gasteiger partial charge on any atom is -0.299 e. The third kappa shape index (κ3) is 3.03. The Labute approximate surface area is 89.9 Å². The van der Waals surface area contributed by atoms with E-state index in [1.807, 2.05) is 24.9 Å². The first-order chi connectivity index (χ1) is 7.16. The van der Waals surface area contributed by atoms with Gasteiger partial charge >= 0.3 is 0 Å². The first-order valence-corrected chi connectivity index (χ1v) is 4.98. The van der Waals surface area contributed by atoms with Gasteiger partial charge in [-0.15, -0.1) is 0 Å². The number of nitriles is 1. The lowest BCUT2D eigenvalue weighted by Gasteiger charge is -2.24. The van der Waals surface area contributed by atoms with Crippen molar-refractivity contribution in [1.29, 1.82) is 5.26 Å². The molecule has 0 amide bonds. The molecule has 0 aliphatic carbocycles. The summed E-state index contributed by atoms with van der Waals surface area (Å²) in [5, 5.41) is 8.47. The molecule has 0 aromatic heterocycles. The summed E-state index contributed by atoms with van der Waals surface area (Å²) in [6.07, 6.45) is 0.468. The van der Waals surface area contributed by atoms with E-state index >= 15 is 0 Å². The highest BCUT2D eigenvalue weighted by Crippen LogP contribution is 2.21. The average molecular weight is 206 g/mol. The lowest BCUT2D eigenvalue weighted by Crippen LogP contribution is -2.24. The maximum atomic E-state index is 13.4. The number of nitrogens with zero attached hydrogens (tertiary/aromatic N) is 2. The summed E-state index contributed by atoms with van der Waals surface area (Å²) >= 11 is 0. The average Bonchev–Trinajstić information content (AvgIpc) is 2.25. The van der Waals surface area contributed by atoms with Gasteiger partial charge in [-0.3, -0.25) is 4.90 Å². The Kier molecular flexibility index (Phi) is 4.26. The first kappa shape index (κ1) is 11.7. The van der Waals surface area contributed by atoms with Crippen molar-refractivity contribution in [3.8, 4) is 6.07 Å². The molecule has 0 spiro atoms. The van der Waals surface area contributed by atoms with Crippen molar-refractivity contribution in [3.63, 3.8) is 0 Å². The number of hydrogen-bond acceptors (Lipinski definition) is 2. The molecule has 0 N–H and O–H groups in total. The predicted octanol–water partition coefficient (Wildman–Crippen LogP) is 2.73. The van der Waals surface area contributed by atoms with E-state index in [4.69, 9.17) is 5.26 Å². The van der Waals surface area contributed by atoms with Crippen molar-refractivity contribution in [2.45, 2.75) is 19.4 Å². The SMILES string of the molecule is CC(c1ccccc1F)N(C)CCC#N. The monoisotopic (exact) mass is 206 g/mol. The van der Waals surface area contributed by atoms with Gasteiger partial charge in [-0.2, -0.15) is 5.26 Å². The summed E-state index contributed by atoms with van der Waals surface area (Å²) in [6, 6.07) is 8.83. The zero-order valence-corrected chi connectivity index (χ0v) is 9.07. The molecular formula is C12H15FN2. The highest BCUT2D eigenvalue weighted by molar-refractivity contribution is 5.20. The molecular weight excluding hydrogens is 191 g/mol. The van der Waals surface area contributed by atoms with Crippen LogP contribution in [0.4, 0.5) is 4.39 Å². The Bertz CT molecular complexity index is 357. The molecule has 80 valence electrons. The molecule has 2 nitrogen and oxygen atoms in total. The summed E-state index contributed by atoms with van der Waals surface area (Å²) in [7, 11) is 1.90.